The van der Waals surface area contributed by atoms with Crippen molar-refractivity contribution in [3.63, 3.8) is 0 Å². The van der Waals surface area contributed by atoms with Crippen LogP contribution in [0.2, 0.25) is 0 Å². The Kier molecular flexibility index (Phi) is 13.3. The molecule has 0 saturated carbocycles. The molecule has 0 radical (unpaired) electrons. The van der Waals surface area contributed by atoms with Crippen molar-refractivity contribution in [1.82, 2.24) is 39.5 Å². The van der Waals surface area contributed by atoms with Gasteiger partial charge in [0.2, 0.25) is 0 Å². The van der Waals surface area contributed by atoms with Crippen molar-refractivity contribution in [2.45, 2.75) is 0 Å². The highest BCUT2D eigenvalue weighted by molar-refractivity contribution is 9.10. The predicted molar refractivity (Wildman–Crippen MR) is 341 cm³/mol. The zero-order valence-electron chi connectivity index (χ0n) is 43.2. The number of aromatic amines is 1. The monoisotopic (exact) mass is 1140 g/mol. The number of halogens is 1. The molecule has 81 heavy (non-hydrogen) atoms. The number of nitrogens with zero attached hydrogens (tertiary/aromatic N) is 7. The van der Waals surface area contributed by atoms with Gasteiger partial charge < -0.3 is 9.55 Å². The molecule has 0 spiro atoms. The molecule has 0 saturated heterocycles. The van der Waals surface area contributed by atoms with Gasteiger partial charge in [0.05, 0.1) is 16.6 Å². The fourth-order valence-corrected chi connectivity index (χ4v) is 12.4. The summed E-state index contributed by atoms with van der Waals surface area (Å²) in [6.45, 7) is 0. The Bertz CT molecular complexity index is 4790. The van der Waals surface area contributed by atoms with E-state index in [9.17, 15) is 0 Å². The Morgan fingerprint density at radius 2 is 0.753 bits per heavy atom. The minimum absolute atomic E-state index is 0.649. The number of hydrogen-bond acceptors (Lipinski definition) is 8. The SMILES string of the molecule is Brc1cccc(-c2nc(-c3ccccc3)nc(-c3ccccc3)n2)c1.c1ccc(-c2nc(-c3ccccc3)nc(-c3cccc(-n4c5ccccc5c5ccc6sccc6c54)c3)n2)cc1.c1ccc2c(c1)[nH]c1c3ccsc3ccc21. The highest BCUT2D eigenvalue weighted by Gasteiger charge is 2.18. The molecule has 10 aromatic carbocycles. The molecule has 8 nitrogen and oxygen atoms in total. The second-order valence-electron chi connectivity index (χ2n) is 19.3. The summed E-state index contributed by atoms with van der Waals surface area (Å²) in [5.41, 5.74) is 11.7. The molecule has 11 heteroatoms. The number of thiophene rings is 2. The van der Waals surface area contributed by atoms with E-state index in [2.05, 4.69) is 150 Å². The van der Waals surface area contributed by atoms with Crippen LogP contribution in [0.4, 0.5) is 0 Å². The van der Waals surface area contributed by atoms with Gasteiger partial charge in [0.15, 0.2) is 34.9 Å². The summed E-state index contributed by atoms with van der Waals surface area (Å²) in [6, 6.07) is 87.1. The summed E-state index contributed by atoms with van der Waals surface area (Å²) in [5.74, 6) is 3.97. The van der Waals surface area contributed by atoms with Crippen LogP contribution in [-0.2, 0) is 0 Å². The first-order chi connectivity index (χ1) is 40.1. The van der Waals surface area contributed by atoms with Gasteiger partial charge in [0, 0.05) is 90.8 Å². The highest BCUT2D eigenvalue weighted by atomic mass is 79.9. The first-order valence-corrected chi connectivity index (χ1v) is 29.0. The number of aromatic nitrogens is 8. The minimum Gasteiger partial charge on any atom is -0.354 e. The average molecular weight is 1140 g/mol. The van der Waals surface area contributed by atoms with Gasteiger partial charge in [-0.1, -0.05) is 210 Å². The van der Waals surface area contributed by atoms with E-state index in [-0.39, 0.29) is 0 Å². The zero-order valence-corrected chi connectivity index (χ0v) is 46.4. The van der Waals surface area contributed by atoms with Crippen molar-refractivity contribution < 1.29 is 0 Å². The maximum Gasteiger partial charge on any atom is 0.164 e. The van der Waals surface area contributed by atoms with E-state index in [1.54, 1.807) is 22.7 Å². The molecule has 6 heterocycles. The van der Waals surface area contributed by atoms with Crippen LogP contribution < -0.4 is 0 Å². The third kappa shape index (κ3) is 9.84. The van der Waals surface area contributed by atoms with Gasteiger partial charge >= 0.3 is 0 Å². The van der Waals surface area contributed by atoms with Gasteiger partial charge in [-0.15, -0.1) is 22.7 Å². The van der Waals surface area contributed by atoms with Crippen LogP contribution in [-0.4, -0.2) is 39.5 Å². The van der Waals surface area contributed by atoms with Crippen molar-refractivity contribution in [3.05, 3.63) is 270 Å². The molecule has 0 atom stereocenters. The minimum atomic E-state index is 0.649. The van der Waals surface area contributed by atoms with Gasteiger partial charge in [0.25, 0.3) is 0 Å². The van der Waals surface area contributed by atoms with Crippen LogP contribution in [0.15, 0.2) is 270 Å². The Hall–Kier alpha value is -9.78. The van der Waals surface area contributed by atoms with E-state index < -0.39 is 0 Å². The second-order valence-corrected chi connectivity index (χ2v) is 22.1. The largest absolute Gasteiger partial charge is 0.354 e. The maximum absolute atomic E-state index is 4.96. The highest BCUT2D eigenvalue weighted by Crippen LogP contribution is 2.39. The number of rotatable bonds is 7. The van der Waals surface area contributed by atoms with Crippen molar-refractivity contribution >= 4 is 102 Å². The maximum atomic E-state index is 4.96. The standard InChI is InChI=1S/C35H22N4S.C21H14BrN3.C14H9NS/c1-3-10-23(11-4-1)33-36-34(24-12-5-2-6-13-24)38-35(37-33)25-14-9-15-26(22-25)39-30-17-8-7-16-27(30)28-18-19-31-29(32(28)39)20-21-40-31;22-18-13-7-12-17(14-18)21-24-19(15-8-3-1-4-9-15)23-20(25-21)16-10-5-2-6-11-16;1-2-4-12-9(3-1)10-5-6-13-11(7-8-16-13)14(10)15-12/h1-22H;1-14H;1-8,15H. The van der Waals surface area contributed by atoms with E-state index in [4.69, 9.17) is 24.9 Å². The first-order valence-electron chi connectivity index (χ1n) is 26.4. The van der Waals surface area contributed by atoms with E-state index in [0.717, 1.165) is 43.5 Å². The lowest BCUT2D eigenvalue weighted by Gasteiger charge is -2.12. The molecular weight excluding hydrogens is 1100 g/mol. The molecule has 0 aliphatic rings. The number of nitrogens with one attached hydrogen (secondary N) is 1. The first kappa shape index (κ1) is 49.5. The summed E-state index contributed by atoms with van der Waals surface area (Å²) in [4.78, 5) is 32.4. The zero-order chi connectivity index (χ0) is 54.1. The summed E-state index contributed by atoms with van der Waals surface area (Å²) in [6.07, 6.45) is 0. The Morgan fingerprint density at radius 3 is 1.31 bits per heavy atom. The van der Waals surface area contributed by atoms with Crippen LogP contribution in [0.25, 0.3) is 138 Å². The topological polar surface area (TPSA) is 98.1 Å². The normalized spacial score (nSPS) is 11.3. The summed E-state index contributed by atoms with van der Waals surface area (Å²) in [7, 11) is 0. The van der Waals surface area contributed by atoms with E-state index in [0.29, 0.717) is 34.9 Å². The van der Waals surface area contributed by atoms with Crippen molar-refractivity contribution in [3.8, 4) is 74.0 Å². The van der Waals surface area contributed by atoms with Gasteiger partial charge in [0.1, 0.15) is 0 Å². The molecule has 1 N–H and O–H groups in total. The third-order valence-corrected chi connectivity index (χ3v) is 16.5. The molecule has 0 fully saturated rings. The van der Waals surface area contributed by atoms with Gasteiger partial charge in [-0.05, 0) is 71.4 Å². The van der Waals surface area contributed by atoms with Gasteiger partial charge in [-0.3, -0.25) is 0 Å². The Balaban J connectivity index is 0.000000121. The van der Waals surface area contributed by atoms with Gasteiger partial charge in [-0.25, -0.2) is 29.9 Å². The Morgan fingerprint density at radius 1 is 0.321 bits per heavy atom. The van der Waals surface area contributed by atoms with E-state index in [1.165, 1.54) is 63.8 Å². The van der Waals surface area contributed by atoms with Crippen LogP contribution >= 0.6 is 38.6 Å². The molecule has 0 unspecified atom stereocenters. The molecule has 0 bridgehead atoms. The molecule has 16 aromatic rings. The second kappa shape index (κ2) is 21.8. The van der Waals surface area contributed by atoms with E-state index in [1.807, 2.05) is 146 Å². The Labute approximate surface area is 482 Å². The molecular formula is C70H45BrN8S2. The molecule has 0 aliphatic heterocycles. The summed E-state index contributed by atoms with van der Waals surface area (Å²) < 4.78 is 6.00. The van der Waals surface area contributed by atoms with Crippen molar-refractivity contribution in [2.24, 2.45) is 0 Å². The molecule has 16 rings (SSSR count). The lowest BCUT2D eigenvalue weighted by molar-refractivity contribution is 1.07. The number of hydrogen-bond donors (Lipinski definition) is 1. The number of H-pyrrole nitrogens is 1. The lowest BCUT2D eigenvalue weighted by Crippen LogP contribution is -2.01. The van der Waals surface area contributed by atoms with Crippen LogP contribution in [0.5, 0.6) is 0 Å². The van der Waals surface area contributed by atoms with E-state index >= 15 is 0 Å². The smallest absolute Gasteiger partial charge is 0.164 e. The van der Waals surface area contributed by atoms with Crippen LogP contribution in [0.3, 0.4) is 0 Å². The van der Waals surface area contributed by atoms with Crippen molar-refractivity contribution in [2.75, 3.05) is 0 Å². The predicted octanol–water partition coefficient (Wildman–Crippen LogP) is 19.4. The lowest BCUT2D eigenvalue weighted by atomic mass is 10.1. The van der Waals surface area contributed by atoms with Crippen LogP contribution in [0.1, 0.15) is 0 Å². The summed E-state index contributed by atoms with van der Waals surface area (Å²) in [5, 5.41) is 12.0. The quantitative estimate of drug-likeness (QED) is 0.171. The fourth-order valence-electron chi connectivity index (χ4n) is 10.4. The summed E-state index contributed by atoms with van der Waals surface area (Å²) >= 11 is 7.08. The fraction of sp³-hybridized carbons (Fsp3) is 0. The number of fused-ring (bicyclic) bond motifs is 10. The van der Waals surface area contributed by atoms with Crippen molar-refractivity contribution in [1.29, 1.82) is 0 Å². The molecule has 0 amide bonds. The third-order valence-electron chi connectivity index (χ3n) is 14.2. The van der Waals surface area contributed by atoms with Gasteiger partial charge in [-0.2, -0.15) is 0 Å². The molecule has 6 aromatic heterocycles. The van der Waals surface area contributed by atoms with Crippen LogP contribution in [0, 0.1) is 0 Å². The molecule has 384 valence electrons. The molecule has 0 aliphatic carbocycles. The number of benzene rings is 10. The number of para-hydroxylation sites is 2. The average Bonchev–Trinajstić information content (AvgIpc) is 4.53.